The molecule has 0 radical (unpaired) electrons. The van der Waals surface area contributed by atoms with Gasteiger partial charge in [0.25, 0.3) is 0 Å². The van der Waals surface area contributed by atoms with Crippen molar-refractivity contribution in [2.75, 3.05) is 0 Å². The molecule has 2 aromatic rings. The van der Waals surface area contributed by atoms with Crippen LogP contribution in [0.2, 0.25) is 0 Å². The third kappa shape index (κ3) is 2.46. The summed E-state index contributed by atoms with van der Waals surface area (Å²) in [7, 11) is 0. The van der Waals surface area contributed by atoms with Gasteiger partial charge in [0.1, 0.15) is 5.69 Å². The molecule has 5 nitrogen and oxygen atoms in total. The topological polar surface area (TPSA) is 86.2 Å². The number of nitrogens with two attached hydrogens (primary N) is 1. The van der Waals surface area contributed by atoms with E-state index in [0.717, 1.165) is 37.7 Å². The molecule has 0 spiro atoms. The minimum atomic E-state index is -0.296. The summed E-state index contributed by atoms with van der Waals surface area (Å²) >= 11 is 1.59. The van der Waals surface area contributed by atoms with Crippen LogP contribution in [0.3, 0.4) is 0 Å². The van der Waals surface area contributed by atoms with Gasteiger partial charge in [0.2, 0.25) is 5.91 Å². The Morgan fingerprint density at radius 1 is 1.27 bits per heavy atom. The van der Waals surface area contributed by atoms with Gasteiger partial charge in [-0.3, -0.25) is 9.59 Å². The first-order chi connectivity index (χ1) is 12.5. The van der Waals surface area contributed by atoms with Crippen molar-refractivity contribution < 1.29 is 14.1 Å². The number of primary amides is 1. The quantitative estimate of drug-likeness (QED) is 0.809. The minimum Gasteiger partial charge on any atom is -0.369 e. The Morgan fingerprint density at radius 3 is 2.69 bits per heavy atom. The molecule has 1 amide bonds. The van der Waals surface area contributed by atoms with E-state index in [-0.39, 0.29) is 17.1 Å². The van der Waals surface area contributed by atoms with Gasteiger partial charge in [-0.05, 0) is 67.2 Å². The molecule has 136 valence electrons. The molecule has 4 fully saturated rings. The van der Waals surface area contributed by atoms with Crippen LogP contribution >= 0.6 is 11.3 Å². The number of hydrogen-bond acceptors (Lipinski definition) is 5. The summed E-state index contributed by atoms with van der Waals surface area (Å²) in [5, 5.41) is 7.96. The van der Waals surface area contributed by atoms with Crippen molar-refractivity contribution in [2.45, 2.75) is 38.5 Å². The van der Waals surface area contributed by atoms with Crippen molar-refractivity contribution in [1.29, 1.82) is 0 Å². The van der Waals surface area contributed by atoms with Crippen LogP contribution in [0.5, 0.6) is 0 Å². The highest BCUT2D eigenvalue weighted by atomic mass is 32.1. The highest BCUT2D eigenvalue weighted by Gasteiger charge is 2.57. The molecule has 0 saturated heterocycles. The summed E-state index contributed by atoms with van der Waals surface area (Å²) < 4.78 is 5.36. The van der Waals surface area contributed by atoms with E-state index in [1.54, 1.807) is 17.4 Å². The number of ketones is 1. The number of aromatic nitrogens is 1. The van der Waals surface area contributed by atoms with Crippen molar-refractivity contribution >= 4 is 23.0 Å². The number of carbonyl (C=O) groups excluding carboxylic acids is 2. The zero-order valence-corrected chi connectivity index (χ0v) is 15.3. The van der Waals surface area contributed by atoms with Crippen LogP contribution in [0.15, 0.2) is 27.4 Å². The second-order valence-corrected chi connectivity index (χ2v) is 9.27. The molecule has 2 N–H and O–H groups in total. The molecule has 0 aliphatic heterocycles. The molecule has 0 aromatic carbocycles. The van der Waals surface area contributed by atoms with Gasteiger partial charge in [-0.15, -0.1) is 0 Å². The predicted molar refractivity (Wildman–Crippen MR) is 97.4 cm³/mol. The van der Waals surface area contributed by atoms with Gasteiger partial charge in [0, 0.05) is 28.8 Å². The molecule has 2 aromatic heterocycles. The van der Waals surface area contributed by atoms with Crippen molar-refractivity contribution in [3.8, 4) is 11.3 Å². The van der Waals surface area contributed by atoms with Crippen LogP contribution in [-0.4, -0.2) is 16.8 Å². The van der Waals surface area contributed by atoms with Crippen LogP contribution in [0.1, 0.15) is 49.0 Å². The first kappa shape index (κ1) is 16.2. The molecule has 6 heteroatoms. The van der Waals surface area contributed by atoms with E-state index >= 15 is 0 Å². The molecule has 4 aliphatic rings. The summed E-state index contributed by atoms with van der Waals surface area (Å²) in [5.41, 5.74) is 6.83. The lowest BCUT2D eigenvalue weighted by atomic mass is 9.45. The summed E-state index contributed by atoms with van der Waals surface area (Å²) in [6.07, 6.45) is 5.49. The average molecular weight is 370 g/mol. The number of carbonyl (C=O) groups is 2. The van der Waals surface area contributed by atoms with Crippen molar-refractivity contribution in [1.82, 2.24) is 5.16 Å². The molecule has 4 bridgehead atoms. The largest absolute Gasteiger partial charge is 0.369 e. The Balaban J connectivity index is 1.33. The minimum absolute atomic E-state index is 0.0563. The maximum absolute atomic E-state index is 12.8. The summed E-state index contributed by atoms with van der Waals surface area (Å²) in [5.74, 6) is 2.44. The highest BCUT2D eigenvalue weighted by molar-refractivity contribution is 7.08. The molecular weight excluding hydrogens is 348 g/mol. The maximum Gasteiger partial charge on any atom is 0.223 e. The molecule has 4 saturated carbocycles. The fourth-order valence-electron chi connectivity index (χ4n) is 6.03. The van der Waals surface area contributed by atoms with E-state index in [2.05, 4.69) is 5.16 Å². The summed E-state index contributed by atoms with van der Waals surface area (Å²) in [4.78, 5) is 24.9. The summed E-state index contributed by atoms with van der Waals surface area (Å²) in [6, 6.07) is 3.71. The van der Waals surface area contributed by atoms with Gasteiger partial charge >= 0.3 is 0 Å². The number of amides is 1. The van der Waals surface area contributed by atoms with E-state index in [4.69, 9.17) is 10.3 Å². The zero-order chi connectivity index (χ0) is 17.9. The molecule has 2 unspecified atom stereocenters. The fraction of sp³-hybridized carbons (Fsp3) is 0.550. The van der Waals surface area contributed by atoms with Crippen molar-refractivity contribution in [3.63, 3.8) is 0 Å². The zero-order valence-electron chi connectivity index (χ0n) is 14.5. The molecule has 4 aliphatic carbocycles. The van der Waals surface area contributed by atoms with Crippen LogP contribution in [0.25, 0.3) is 11.3 Å². The fourth-order valence-corrected chi connectivity index (χ4v) is 6.68. The first-order valence-electron chi connectivity index (χ1n) is 9.36. The Kier molecular flexibility index (Phi) is 3.61. The molecule has 26 heavy (non-hydrogen) atoms. The van der Waals surface area contributed by atoms with E-state index in [0.29, 0.717) is 41.5 Å². The number of nitrogens with zero attached hydrogens (tertiary/aromatic N) is 1. The monoisotopic (exact) mass is 370 g/mol. The average Bonchev–Trinajstić information content (AvgIpc) is 3.28. The third-order valence-corrected chi connectivity index (χ3v) is 7.70. The number of rotatable bonds is 5. The molecule has 2 atom stereocenters. The Hall–Kier alpha value is -1.95. The number of hydrogen-bond donors (Lipinski definition) is 1. The second kappa shape index (κ2) is 5.78. The van der Waals surface area contributed by atoms with Gasteiger partial charge in [-0.25, -0.2) is 0 Å². The van der Waals surface area contributed by atoms with E-state index in [1.807, 2.05) is 16.8 Å². The first-order valence-corrected chi connectivity index (χ1v) is 10.3. The van der Waals surface area contributed by atoms with Gasteiger partial charge in [-0.1, -0.05) is 5.16 Å². The number of Topliss-reactive ketones (excluding diaryl/α,β-unsaturated/α-hetero) is 1. The van der Waals surface area contributed by atoms with E-state index < -0.39 is 0 Å². The lowest BCUT2D eigenvalue weighted by Crippen LogP contribution is -2.56. The maximum atomic E-state index is 12.8. The number of thiophene rings is 1. The van der Waals surface area contributed by atoms with Crippen LogP contribution in [0.4, 0.5) is 0 Å². The lowest BCUT2D eigenvalue weighted by molar-refractivity contribution is -0.149. The third-order valence-electron chi connectivity index (χ3n) is 7.01. The van der Waals surface area contributed by atoms with Gasteiger partial charge in [-0.2, -0.15) is 11.3 Å². The van der Waals surface area contributed by atoms with Gasteiger partial charge in [0.15, 0.2) is 11.5 Å². The molecular formula is C20H22N2O3S. The van der Waals surface area contributed by atoms with E-state index in [1.165, 1.54) is 0 Å². The lowest BCUT2D eigenvalue weighted by Gasteiger charge is -2.58. The highest BCUT2D eigenvalue weighted by Crippen LogP contribution is 2.62. The Labute approximate surface area is 155 Å². The normalized spacial score (nSPS) is 34.9. The van der Waals surface area contributed by atoms with Crippen molar-refractivity contribution in [2.24, 2.45) is 34.8 Å². The van der Waals surface area contributed by atoms with Crippen LogP contribution in [-0.2, 0) is 4.79 Å². The molecule has 6 rings (SSSR count). The second-order valence-electron chi connectivity index (χ2n) is 8.49. The van der Waals surface area contributed by atoms with Crippen LogP contribution in [0, 0.1) is 29.1 Å². The Bertz CT molecular complexity index is 840. The predicted octanol–water partition coefficient (Wildman–Crippen LogP) is 3.90. The van der Waals surface area contributed by atoms with E-state index in [9.17, 15) is 9.59 Å². The van der Waals surface area contributed by atoms with Crippen molar-refractivity contribution in [3.05, 3.63) is 28.6 Å². The van der Waals surface area contributed by atoms with Gasteiger partial charge < -0.3 is 10.3 Å². The standard InChI is InChI=1S/C20H22N2O3S/c21-19(24)20-7-11-3-13(8-20)15(14(4-11)9-20)5-17(23)16-6-18(25-22-16)12-1-2-26-10-12/h1-2,6,10-11,13-15H,3-5,7-9H2,(H2,21,24). The summed E-state index contributed by atoms with van der Waals surface area (Å²) in [6.45, 7) is 0. The van der Waals surface area contributed by atoms with Crippen LogP contribution < -0.4 is 5.73 Å². The Morgan fingerprint density at radius 2 is 2.04 bits per heavy atom. The SMILES string of the molecule is NC(=O)C12CC3CC(C1)C(CC(=O)c1cc(-c4ccsc4)on1)C(C3)C2. The van der Waals surface area contributed by atoms with Gasteiger partial charge in [0.05, 0.1) is 0 Å². The smallest absolute Gasteiger partial charge is 0.223 e. The molecule has 2 heterocycles.